The third-order valence-electron chi connectivity index (χ3n) is 2.91. The zero-order chi connectivity index (χ0) is 14.8. The van der Waals surface area contributed by atoms with Gasteiger partial charge in [-0.2, -0.15) is 4.31 Å². The first kappa shape index (κ1) is 16.0. The van der Waals surface area contributed by atoms with Crippen molar-refractivity contribution in [1.29, 1.82) is 0 Å². The second-order valence-electron chi connectivity index (χ2n) is 4.45. The molecule has 7 heteroatoms. The van der Waals surface area contributed by atoms with E-state index in [-0.39, 0.29) is 15.9 Å². The number of hydrogen-bond donors (Lipinski definition) is 1. The van der Waals surface area contributed by atoms with E-state index in [9.17, 15) is 12.8 Å². The van der Waals surface area contributed by atoms with Crippen LogP contribution >= 0.6 is 12.2 Å². The molecule has 0 bridgehead atoms. The first-order valence-corrected chi connectivity index (χ1v) is 7.53. The Morgan fingerprint density at radius 2 is 2.11 bits per heavy atom. The highest BCUT2D eigenvalue weighted by Gasteiger charge is 2.27. The summed E-state index contributed by atoms with van der Waals surface area (Å²) < 4.78 is 39.0. The van der Waals surface area contributed by atoms with Crippen molar-refractivity contribution in [3.8, 4) is 0 Å². The molecular weight excluding hydrogens is 287 g/mol. The molecule has 4 nitrogen and oxygen atoms in total. The second kappa shape index (κ2) is 5.94. The largest absolute Gasteiger partial charge is 0.393 e. The summed E-state index contributed by atoms with van der Waals surface area (Å²) in [7, 11) is -2.22. The minimum absolute atomic E-state index is 0.0891. The van der Waals surface area contributed by atoms with E-state index < -0.39 is 15.8 Å². The molecule has 19 heavy (non-hydrogen) atoms. The highest BCUT2D eigenvalue weighted by Crippen LogP contribution is 2.22. The minimum atomic E-state index is -3.68. The highest BCUT2D eigenvalue weighted by molar-refractivity contribution is 7.89. The predicted molar refractivity (Wildman–Crippen MR) is 77.0 cm³/mol. The Bertz CT molecular complexity index is 587. The van der Waals surface area contributed by atoms with Crippen LogP contribution in [0.25, 0.3) is 0 Å². The zero-order valence-corrected chi connectivity index (χ0v) is 12.7. The molecule has 0 amide bonds. The van der Waals surface area contributed by atoms with Crippen molar-refractivity contribution in [3.05, 3.63) is 29.6 Å². The molecular formula is C12H17FN2O2S2. The zero-order valence-electron chi connectivity index (χ0n) is 11.1. The molecule has 2 N–H and O–H groups in total. The summed E-state index contributed by atoms with van der Waals surface area (Å²) in [6.07, 6.45) is 0.297. The van der Waals surface area contributed by atoms with E-state index in [0.29, 0.717) is 12.0 Å². The van der Waals surface area contributed by atoms with Gasteiger partial charge in [0, 0.05) is 19.5 Å². The smallest absolute Gasteiger partial charge is 0.243 e. The normalized spacial score (nSPS) is 13.5. The van der Waals surface area contributed by atoms with Gasteiger partial charge in [0.1, 0.15) is 5.82 Å². The maximum absolute atomic E-state index is 13.0. The summed E-state index contributed by atoms with van der Waals surface area (Å²) in [5.41, 5.74) is 5.79. The average molecular weight is 304 g/mol. The highest BCUT2D eigenvalue weighted by atomic mass is 32.2. The molecule has 1 unspecified atom stereocenters. The molecule has 1 atom stereocenters. The van der Waals surface area contributed by atoms with Crippen LogP contribution in [0.3, 0.4) is 0 Å². The minimum Gasteiger partial charge on any atom is -0.393 e. The quantitative estimate of drug-likeness (QED) is 0.843. The van der Waals surface area contributed by atoms with E-state index in [1.165, 1.54) is 23.5 Å². The number of hydrogen-bond acceptors (Lipinski definition) is 3. The van der Waals surface area contributed by atoms with Crippen LogP contribution in [-0.4, -0.2) is 30.8 Å². The van der Waals surface area contributed by atoms with Crippen molar-refractivity contribution in [1.82, 2.24) is 4.31 Å². The molecule has 0 fully saturated rings. The lowest BCUT2D eigenvalue weighted by atomic mass is 10.2. The van der Waals surface area contributed by atoms with Gasteiger partial charge in [-0.25, -0.2) is 12.8 Å². The Labute approximate surface area is 118 Å². The first-order valence-electron chi connectivity index (χ1n) is 5.68. The van der Waals surface area contributed by atoms with Gasteiger partial charge in [0.05, 0.1) is 9.88 Å². The molecule has 0 saturated carbocycles. The Morgan fingerprint density at radius 3 is 2.58 bits per heavy atom. The third kappa shape index (κ3) is 3.71. The maximum Gasteiger partial charge on any atom is 0.243 e. The van der Waals surface area contributed by atoms with Gasteiger partial charge in [0.2, 0.25) is 10.0 Å². The molecule has 0 spiro atoms. The molecule has 0 aliphatic heterocycles. The molecule has 1 aromatic rings. The van der Waals surface area contributed by atoms with Gasteiger partial charge in [-0.1, -0.05) is 12.2 Å². The molecule has 1 aromatic carbocycles. The van der Waals surface area contributed by atoms with Gasteiger partial charge in [-0.05, 0) is 37.6 Å². The fourth-order valence-electron chi connectivity index (χ4n) is 1.71. The van der Waals surface area contributed by atoms with E-state index in [2.05, 4.69) is 0 Å². The van der Waals surface area contributed by atoms with Crippen LogP contribution in [0.2, 0.25) is 0 Å². The van der Waals surface area contributed by atoms with Crippen LogP contribution in [0.5, 0.6) is 0 Å². The van der Waals surface area contributed by atoms with Crippen LogP contribution in [-0.2, 0) is 10.0 Å². The number of nitrogens with zero attached hydrogens (tertiary/aromatic N) is 1. The Morgan fingerprint density at radius 1 is 1.53 bits per heavy atom. The van der Waals surface area contributed by atoms with Crippen molar-refractivity contribution >= 4 is 27.2 Å². The number of benzene rings is 1. The summed E-state index contributed by atoms with van der Waals surface area (Å²) in [5, 5.41) is 0. The van der Waals surface area contributed by atoms with E-state index in [4.69, 9.17) is 18.0 Å². The van der Waals surface area contributed by atoms with Crippen LogP contribution in [0.15, 0.2) is 23.1 Å². The van der Waals surface area contributed by atoms with Gasteiger partial charge in [-0.15, -0.1) is 0 Å². The number of sulfonamides is 1. The van der Waals surface area contributed by atoms with Crippen molar-refractivity contribution in [2.75, 3.05) is 7.05 Å². The molecule has 0 heterocycles. The molecule has 0 aromatic heterocycles. The van der Waals surface area contributed by atoms with Gasteiger partial charge < -0.3 is 5.73 Å². The second-order valence-corrected chi connectivity index (χ2v) is 6.94. The van der Waals surface area contributed by atoms with E-state index in [1.54, 1.807) is 13.8 Å². The first-order chi connectivity index (χ1) is 8.66. The number of aryl methyl sites for hydroxylation is 1. The summed E-state index contributed by atoms with van der Waals surface area (Å²) in [6.45, 7) is 3.28. The van der Waals surface area contributed by atoms with Crippen LogP contribution in [0.1, 0.15) is 18.9 Å². The maximum atomic E-state index is 13.0. The molecule has 0 aliphatic carbocycles. The van der Waals surface area contributed by atoms with E-state index in [1.807, 2.05) is 0 Å². The number of thiocarbonyl (C=S) groups is 1. The summed E-state index contributed by atoms with van der Waals surface area (Å²) in [6, 6.07) is 3.24. The topological polar surface area (TPSA) is 63.4 Å². The summed E-state index contributed by atoms with van der Waals surface area (Å²) >= 11 is 4.78. The lowest BCUT2D eigenvalue weighted by molar-refractivity contribution is 0.396. The van der Waals surface area contributed by atoms with Crippen molar-refractivity contribution in [3.63, 3.8) is 0 Å². The van der Waals surface area contributed by atoms with Gasteiger partial charge in [0.25, 0.3) is 0 Å². The Hall–Kier alpha value is -1.05. The molecule has 1 rings (SSSR count). The van der Waals surface area contributed by atoms with Crippen LogP contribution < -0.4 is 5.73 Å². The standard InChI is InChI=1S/C12H17FN2O2S2/c1-8-6-10(13)4-5-11(8)19(16,17)15(3)9(2)7-12(14)18/h4-6,9H,7H2,1-3H3,(H2,14,18). The predicted octanol–water partition coefficient (Wildman–Crippen LogP) is 1.82. The summed E-state index contributed by atoms with van der Waals surface area (Å²) in [4.78, 5) is 0.344. The molecule has 0 radical (unpaired) electrons. The van der Waals surface area contributed by atoms with Crippen LogP contribution in [0, 0.1) is 12.7 Å². The molecule has 0 aliphatic rings. The lowest BCUT2D eigenvalue weighted by Crippen LogP contribution is -2.37. The summed E-state index contributed by atoms with van der Waals surface area (Å²) in [5.74, 6) is -0.463. The Balaban J connectivity index is 3.13. The van der Waals surface area contributed by atoms with Crippen molar-refractivity contribution in [2.24, 2.45) is 5.73 Å². The van der Waals surface area contributed by atoms with Crippen molar-refractivity contribution in [2.45, 2.75) is 31.2 Å². The number of nitrogens with two attached hydrogens (primary N) is 1. The Kier molecular flexibility index (Phi) is 5.00. The lowest BCUT2D eigenvalue weighted by Gasteiger charge is -2.24. The van der Waals surface area contributed by atoms with Crippen molar-refractivity contribution < 1.29 is 12.8 Å². The number of halogens is 1. The monoisotopic (exact) mass is 304 g/mol. The third-order valence-corrected chi connectivity index (χ3v) is 5.21. The SMILES string of the molecule is Cc1cc(F)ccc1S(=O)(=O)N(C)C(C)CC(N)=S. The average Bonchev–Trinajstić information content (AvgIpc) is 2.26. The van der Waals surface area contributed by atoms with Gasteiger partial charge in [0.15, 0.2) is 0 Å². The van der Waals surface area contributed by atoms with Gasteiger partial charge >= 0.3 is 0 Å². The molecule has 106 valence electrons. The molecule has 0 saturated heterocycles. The fraction of sp³-hybridized carbons (Fsp3) is 0.417. The van der Waals surface area contributed by atoms with Gasteiger partial charge in [-0.3, -0.25) is 0 Å². The number of rotatable bonds is 5. The fourth-order valence-corrected chi connectivity index (χ4v) is 3.52. The van der Waals surface area contributed by atoms with E-state index >= 15 is 0 Å². The van der Waals surface area contributed by atoms with Crippen LogP contribution in [0.4, 0.5) is 4.39 Å². The van der Waals surface area contributed by atoms with E-state index in [0.717, 1.165) is 6.07 Å².